The molecule has 0 bridgehead atoms. The van der Waals surface area contributed by atoms with Crippen LogP contribution < -0.4 is 5.32 Å². The van der Waals surface area contributed by atoms with Crippen molar-refractivity contribution >= 4 is 34.0 Å². The van der Waals surface area contributed by atoms with Crippen molar-refractivity contribution in [3.63, 3.8) is 0 Å². The van der Waals surface area contributed by atoms with Gasteiger partial charge in [-0.15, -0.1) is 5.06 Å². The number of nitrogens with zero attached hydrogens (tertiary/aromatic N) is 1. The smallest absolute Gasteiger partial charge is 0.407 e. The lowest BCUT2D eigenvalue weighted by Gasteiger charge is -2.18. The van der Waals surface area contributed by atoms with Crippen LogP contribution in [0.3, 0.4) is 0 Å². The molecule has 2 unspecified atom stereocenters. The zero-order valence-corrected chi connectivity index (χ0v) is 19.5. The highest BCUT2D eigenvalue weighted by Crippen LogP contribution is 2.20. The summed E-state index contributed by atoms with van der Waals surface area (Å²) in [6.45, 7) is 0.739. The van der Waals surface area contributed by atoms with E-state index in [0.717, 1.165) is 32.1 Å². The zero-order chi connectivity index (χ0) is 25.0. The number of carbonyl (C=O) groups excluding carboxylic acids is 4. The third-order valence-corrected chi connectivity index (χ3v) is 6.03. The minimum atomic E-state index is -4.78. The van der Waals surface area contributed by atoms with Crippen LogP contribution in [0.5, 0.6) is 0 Å². The van der Waals surface area contributed by atoms with Crippen LogP contribution in [0, 0.1) is 0 Å². The van der Waals surface area contributed by atoms with Gasteiger partial charge in [0.05, 0.1) is 39.3 Å². The van der Waals surface area contributed by atoms with Crippen LogP contribution in [0.4, 0.5) is 4.79 Å². The van der Waals surface area contributed by atoms with E-state index >= 15 is 0 Å². The molecule has 1 aliphatic heterocycles. The van der Waals surface area contributed by atoms with Crippen LogP contribution in [-0.4, -0.2) is 86.2 Å². The molecule has 192 valence electrons. The number of hydroxylamine groups is 2. The molecule has 2 rings (SSSR count). The Morgan fingerprint density at radius 3 is 2.47 bits per heavy atom. The summed E-state index contributed by atoms with van der Waals surface area (Å²) in [4.78, 5) is 51.5. The lowest BCUT2D eigenvalue weighted by Crippen LogP contribution is -2.36. The van der Waals surface area contributed by atoms with E-state index in [2.05, 4.69) is 22.3 Å². The predicted octanol–water partition coefficient (Wildman–Crippen LogP) is 0.498. The molecule has 0 aromatic heterocycles. The van der Waals surface area contributed by atoms with E-state index in [9.17, 15) is 27.6 Å². The molecular weight excluding hydrogens is 476 g/mol. The maximum absolute atomic E-state index is 11.8. The summed E-state index contributed by atoms with van der Waals surface area (Å²) in [7, 11) is -4.78. The lowest BCUT2D eigenvalue weighted by molar-refractivity contribution is -0.198. The summed E-state index contributed by atoms with van der Waals surface area (Å²) in [6, 6.07) is 0. The average Bonchev–Trinajstić information content (AvgIpc) is 3.03. The highest BCUT2D eigenvalue weighted by Gasteiger charge is 2.48. The van der Waals surface area contributed by atoms with E-state index in [-0.39, 0.29) is 50.6 Å². The van der Waals surface area contributed by atoms with E-state index < -0.39 is 45.7 Å². The molecule has 13 nitrogen and oxygen atoms in total. The summed E-state index contributed by atoms with van der Waals surface area (Å²) in [5.74, 6) is -3.36. The molecule has 1 fully saturated rings. The fourth-order valence-electron chi connectivity index (χ4n) is 3.20. The Balaban J connectivity index is 1.47. The summed E-state index contributed by atoms with van der Waals surface area (Å²) in [5.41, 5.74) is 0. The van der Waals surface area contributed by atoms with Crippen LogP contribution in [0.25, 0.3) is 0 Å². The van der Waals surface area contributed by atoms with Crippen LogP contribution in [0.2, 0.25) is 0 Å². The molecule has 0 spiro atoms. The number of alkyl carbamates (subject to hydrolysis) is 1. The number of amides is 3. The molecule has 3 amide bonds. The zero-order valence-electron chi connectivity index (χ0n) is 18.7. The first-order valence-electron chi connectivity index (χ1n) is 11.0. The fourth-order valence-corrected chi connectivity index (χ4v) is 3.90. The van der Waals surface area contributed by atoms with Crippen molar-refractivity contribution in [1.82, 2.24) is 10.4 Å². The molecule has 1 heterocycles. The number of rotatable bonds is 12. The minimum absolute atomic E-state index is 0.0379. The van der Waals surface area contributed by atoms with Gasteiger partial charge in [-0.2, -0.15) is 8.42 Å². The van der Waals surface area contributed by atoms with Gasteiger partial charge in [-0.25, -0.2) is 9.59 Å². The third-order valence-electron chi connectivity index (χ3n) is 4.95. The van der Waals surface area contributed by atoms with Crippen molar-refractivity contribution in [2.75, 3.05) is 33.0 Å². The number of carbonyl (C=O) groups is 4. The molecule has 2 atom stereocenters. The Hall–Kier alpha value is -2.55. The maximum atomic E-state index is 11.8. The van der Waals surface area contributed by atoms with Gasteiger partial charge in [-0.3, -0.25) is 14.1 Å². The summed E-state index contributed by atoms with van der Waals surface area (Å²) in [6.07, 6.45) is 7.09. The molecule has 0 aromatic carbocycles. The van der Waals surface area contributed by atoms with E-state index in [1.165, 1.54) is 0 Å². The first-order valence-corrected chi connectivity index (χ1v) is 12.5. The van der Waals surface area contributed by atoms with Gasteiger partial charge in [-0.05, 0) is 32.1 Å². The minimum Gasteiger partial charge on any atom is -0.446 e. The standard InChI is InChI=1S/C20H30N2O11S/c23-17-14-16(34(27,28)29)19(25)22(17)33-18(24)8-10-30-12-13-31-11-9-21-20(26)32-15-6-4-2-1-3-5-7-15/h1-2,15-16H,3-14H2,(H,21,26)(H,27,28,29). The highest BCUT2D eigenvalue weighted by atomic mass is 32.2. The van der Waals surface area contributed by atoms with Gasteiger partial charge in [0.15, 0.2) is 5.25 Å². The number of hydrogen-bond acceptors (Lipinski definition) is 10. The van der Waals surface area contributed by atoms with Gasteiger partial charge < -0.3 is 24.4 Å². The summed E-state index contributed by atoms with van der Waals surface area (Å²) < 4.78 is 46.9. The first kappa shape index (κ1) is 27.7. The molecule has 14 heteroatoms. The van der Waals surface area contributed by atoms with Crippen LogP contribution >= 0.6 is 0 Å². The van der Waals surface area contributed by atoms with Crippen molar-refractivity contribution in [2.45, 2.75) is 56.3 Å². The molecule has 0 aromatic rings. The Labute approximate surface area is 197 Å². The Kier molecular flexibility index (Phi) is 11.4. The molecule has 0 saturated carbocycles. The summed E-state index contributed by atoms with van der Waals surface area (Å²) >= 11 is 0. The van der Waals surface area contributed by atoms with Gasteiger partial charge >= 0.3 is 12.1 Å². The topological polar surface area (TPSA) is 175 Å². The third kappa shape index (κ3) is 9.75. The predicted molar refractivity (Wildman–Crippen MR) is 115 cm³/mol. The first-order chi connectivity index (χ1) is 16.2. The molecule has 1 saturated heterocycles. The molecule has 0 radical (unpaired) electrons. The highest BCUT2D eigenvalue weighted by molar-refractivity contribution is 7.87. The second-order valence-electron chi connectivity index (χ2n) is 7.61. The fraction of sp³-hybridized carbons (Fsp3) is 0.700. The van der Waals surface area contributed by atoms with Crippen molar-refractivity contribution in [2.24, 2.45) is 0 Å². The largest absolute Gasteiger partial charge is 0.446 e. The average molecular weight is 507 g/mol. The van der Waals surface area contributed by atoms with Crippen molar-refractivity contribution in [3.8, 4) is 0 Å². The summed E-state index contributed by atoms with van der Waals surface area (Å²) in [5, 5.41) is 0.680. The Bertz CT molecular complexity index is 859. The number of imide groups is 1. The normalized spacial score (nSPS) is 21.1. The van der Waals surface area contributed by atoms with E-state index in [4.69, 9.17) is 18.8 Å². The van der Waals surface area contributed by atoms with Crippen molar-refractivity contribution < 1.29 is 51.2 Å². The van der Waals surface area contributed by atoms with Crippen LogP contribution in [-0.2, 0) is 43.5 Å². The van der Waals surface area contributed by atoms with Gasteiger partial charge in [0.2, 0.25) is 0 Å². The number of hydrogen-bond donors (Lipinski definition) is 2. The van der Waals surface area contributed by atoms with E-state index in [0.29, 0.717) is 0 Å². The lowest BCUT2D eigenvalue weighted by atomic mass is 10.0. The SMILES string of the molecule is O=C(CCOCCOCCNC(=O)OC1CCC=CCCC1)ON1C(=O)CC(S(=O)(=O)O)C1=O. The van der Waals surface area contributed by atoms with Gasteiger partial charge in [-0.1, -0.05) is 12.2 Å². The second-order valence-corrected chi connectivity index (χ2v) is 9.20. The monoisotopic (exact) mass is 506 g/mol. The van der Waals surface area contributed by atoms with E-state index in [1.807, 2.05) is 0 Å². The second kappa shape index (κ2) is 14.0. The molecule has 2 N–H and O–H groups in total. The Morgan fingerprint density at radius 1 is 1.06 bits per heavy atom. The molecule has 1 aliphatic carbocycles. The van der Waals surface area contributed by atoms with E-state index in [1.54, 1.807) is 0 Å². The van der Waals surface area contributed by atoms with Crippen molar-refractivity contribution in [3.05, 3.63) is 12.2 Å². The van der Waals surface area contributed by atoms with Crippen molar-refractivity contribution in [1.29, 1.82) is 0 Å². The Morgan fingerprint density at radius 2 is 1.76 bits per heavy atom. The number of ether oxygens (including phenoxy) is 3. The quantitative estimate of drug-likeness (QED) is 0.163. The van der Waals surface area contributed by atoms with Crippen LogP contribution in [0.1, 0.15) is 44.9 Å². The van der Waals surface area contributed by atoms with Gasteiger partial charge in [0, 0.05) is 6.54 Å². The number of nitrogens with one attached hydrogen (secondary N) is 1. The van der Waals surface area contributed by atoms with Gasteiger partial charge in [0.1, 0.15) is 6.10 Å². The molecule has 34 heavy (non-hydrogen) atoms. The van der Waals surface area contributed by atoms with Gasteiger partial charge in [0.25, 0.3) is 21.9 Å². The maximum Gasteiger partial charge on any atom is 0.407 e. The number of allylic oxidation sites excluding steroid dienone is 2. The molecule has 2 aliphatic rings. The molecular formula is C20H30N2O11S. The van der Waals surface area contributed by atoms with Crippen LogP contribution in [0.15, 0.2) is 12.2 Å².